The molecule has 1 aliphatic heterocycles. The van der Waals surface area contributed by atoms with Gasteiger partial charge in [0.2, 0.25) is 0 Å². The van der Waals surface area contributed by atoms with Crippen LogP contribution in [0.4, 0.5) is 0 Å². The molecule has 1 amide bonds. The van der Waals surface area contributed by atoms with Gasteiger partial charge in [0.1, 0.15) is 4.83 Å². The average Bonchev–Trinajstić information content (AvgIpc) is 2.93. The normalized spacial score (nSPS) is 15.9. The van der Waals surface area contributed by atoms with E-state index < -0.39 is 0 Å². The van der Waals surface area contributed by atoms with Gasteiger partial charge in [-0.05, 0) is 45.0 Å². The maximum absolute atomic E-state index is 12.4. The largest absolute Gasteiger partial charge is 0.351 e. The Balaban J connectivity index is 1.61. The van der Waals surface area contributed by atoms with E-state index in [0.29, 0.717) is 21.6 Å². The molecular weight excluding hydrogens is 352 g/mol. The van der Waals surface area contributed by atoms with Gasteiger partial charge in [0.15, 0.2) is 0 Å². The van der Waals surface area contributed by atoms with Gasteiger partial charge in [-0.3, -0.25) is 18.7 Å². The van der Waals surface area contributed by atoms with Gasteiger partial charge in [-0.2, -0.15) is 0 Å². The summed E-state index contributed by atoms with van der Waals surface area (Å²) in [5.41, 5.74) is -0.742. The number of rotatable bonds is 5. The molecule has 2 aromatic rings. The van der Waals surface area contributed by atoms with Crippen LogP contribution in [-0.4, -0.2) is 46.1 Å². The lowest BCUT2D eigenvalue weighted by Gasteiger charge is -2.19. The molecule has 0 radical (unpaired) electrons. The van der Waals surface area contributed by atoms with Crippen molar-refractivity contribution in [3.8, 4) is 0 Å². The average molecular weight is 378 g/mol. The molecule has 1 saturated heterocycles. The lowest BCUT2D eigenvalue weighted by Crippen LogP contribution is -2.36. The van der Waals surface area contributed by atoms with Crippen molar-refractivity contribution in [3.05, 3.63) is 31.8 Å². The van der Waals surface area contributed by atoms with Crippen molar-refractivity contribution >= 4 is 27.5 Å². The topological polar surface area (TPSA) is 76.3 Å². The second kappa shape index (κ2) is 8.18. The van der Waals surface area contributed by atoms with E-state index in [1.54, 1.807) is 13.1 Å². The Kier molecular flexibility index (Phi) is 5.93. The predicted octanol–water partition coefficient (Wildman–Crippen LogP) is 1.29. The molecule has 1 N–H and O–H groups in total. The molecule has 0 spiro atoms. The number of carbonyl (C=O) groups excluding carboxylic acids is 1. The number of aryl methyl sites for hydroxylation is 1. The van der Waals surface area contributed by atoms with Crippen molar-refractivity contribution < 1.29 is 4.79 Å². The first-order valence-electron chi connectivity index (χ1n) is 9.19. The highest BCUT2D eigenvalue weighted by Gasteiger charge is 2.16. The quantitative estimate of drug-likeness (QED) is 0.796. The molecule has 0 aliphatic carbocycles. The van der Waals surface area contributed by atoms with Gasteiger partial charge in [-0.25, -0.2) is 4.79 Å². The molecule has 0 aromatic carbocycles. The number of hydrogen-bond donors (Lipinski definition) is 1. The number of likely N-dealkylation sites (tertiary alicyclic amines) is 1. The molecule has 7 nitrogen and oxygen atoms in total. The third-order valence-electron chi connectivity index (χ3n) is 4.99. The van der Waals surface area contributed by atoms with Crippen LogP contribution in [0.1, 0.15) is 41.8 Å². The first-order valence-corrected chi connectivity index (χ1v) is 10.0. The highest BCUT2D eigenvalue weighted by molar-refractivity contribution is 7.20. The van der Waals surface area contributed by atoms with Gasteiger partial charge in [-0.15, -0.1) is 11.3 Å². The van der Waals surface area contributed by atoms with E-state index in [0.717, 1.165) is 30.6 Å². The lowest BCUT2D eigenvalue weighted by molar-refractivity contribution is 0.0956. The van der Waals surface area contributed by atoms with Crippen LogP contribution >= 0.6 is 11.3 Å². The van der Waals surface area contributed by atoms with Crippen molar-refractivity contribution in [1.82, 2.24) is 19.4 Å². The smallest absolute Gasteiger partial charge is 0.331 e. The third kappa shape index (κ3) is 3.91. The Labute approximate surface area is 156 Å². The number of nitrogens with one attached hydrogen (secondary N) is 1. The van der Waals surface area contributed by atoms with Crippen LogP contribution in [0.15, 0.2) is 15.7 Å². The first-order chi connectivity index (χ1) is 12.5. The summed E-state index contributed by atoms with van der Waals surface area (Å²) in [4.78, 5) is 40.1. The van der Waals surface area contributed by atoms with Crippen LogP contribution < -0.4 is 16.6 Å². The minimum atomic E-state index is -0.381. The van der Waals surface area contributed by atoms with Crippen molar-refractivity contribution in [3.63, 3.8) is 0 Å². The lowest BCUT2D eigenvalue weighted by atomic mass is 10.2. The number of hydrogen-bond acceptors (Lipinski definition) is 5. The van der Waals surface area contributed by atoms with Gasteiger partial charge in [-0.1, -0.05) is 12.8 Å². The molecule has 0 bridgehead atoms. The molecule has 3 rings (SSSR count). The molecule has 0 saturated carbocycles. The Hall–Kier alpha value is -1.93. The maximum atomic E-state index is 12.4. The summed E-state index contributed by atoms with van der Waals surface area (Å²) < 4.78 is 2.48. The Bertz CT molecular complexity index is 904. The van der Waals surface area contributed by atoms with Gasteiger partial charge in [0, 0.05) is 20.6 Å². The van der Waals surface area contributed by atoms with Crippen molar-refractivity contribution in [2.75, 3.05) is 26.2 Å². The van der Waals surface area contributed by atoms with Gasteiger partial charge in [0.25, 0.3) is 11.5 Å². The van der Waals surface area contributed by atoms with E-state index in [9.17, 15) is 14.4 Å². The SMILES string of the molecule is Cn1c(=O)c2cc(C(=O)NCCCN3CCCCCC3)sc2n(C)c1=O. The zero-order valence-electron chi connectivity index (χ0n) is 15.4. The summed E-state index contributed by atoms with van der Waals surface area (Å²) in [6, 6.07) is 1.59. The van der Waals surface area contributed by atoms with Crippen molar-refractivity contribution in [2.45, 2.75) is 32.1 Å². The molecule has 1 fully saturated rings. The maximum Gasteiger partial charge on any atom is 0.331 e. The van der Waals surface area contributed by atoms with Gasteiger partial charge < -0.3 is 10.2 Å². The van der Waals surface area contributed by atoms with E-state index in [1.165, 1.54) is 48.6 Å². The monoisotopic (exact) mass is 378 g/mol. The van der Waals surface area contributed by atoms with Crippen LogP contribution in [0.25, 0.3) is 10.2 Å². The van der Waals surface area contributed by atoms with Gasteiger partial charge >= 0.3 is 5.69 Å². The molecule has 26 heavy (non-hydrogen) atoms. The molecule has 0 unspecified atom stereocenters. The van der Waals surface area contributed by atoms with Crippen LogP contribution in [0, 0.1) is 0 Å². The number of carbonyl (C=O) groups is 1. The molecule has 1 aliphatic rings. The molecule has 0 atom stereocenters. The fourth-order valence-electron chi connectivity index (χ4n) is 3.43. The van der Waals surface area contributed by atoms with E-state index >= 15 is 0 Å². The number of fused-ring (bicyclic) bond motifs is 1. The highest BCUT2D eigenvalue weighted by Crippen LogP contribution is 2.21. The second-order valence-corrected chi connectivity index (χ2v) is 7.93. The number of aromatic nitrogens is 2. The number of amides is 1. The van der Waals surface area contributed by atoms with Crippen LogP contribution in [0.3, 0.4) is 0 Å². The standard InChI is InChI=1S/C18H26N4O3S/c1-20-16(24)13-12-14(26-17(13)21(2)18(20)25)15(23)19-8-7-11-22-9-5-3-4-6-10-22/h12H,3-11H2,1-2H3,(H,19,23). The molecule has 142 valence electrons. The second-order valence-electron chi connectivity index (χ2n) is 6.90. The fraction of sp³-hybridized carbons (Fsp3) is 0.611. The summed E-state index contributed by atoms with van der Waals surface area (Å²) in [5, 5.41) is 3.34. The summed E-state index contributed by atoms with van der Waals surface area (Å²) in [5.74, 6) is -0.184. The van der Waals surface area contributed by atoms with E-state index in [2.05, 4.69) is 10.2 Å². The Morgan fingerprint density at radius 2 is 1.81 bits per heavy atom. The van der Waals surface area contributed by atoms with Crippen molar-refractivity contribution in [1.29, 1.82) is 0 Å². The Morgan fingerprint density at radius 3 is 2.50 bits per heavy atom. The van der Waals surface area contributed by atoms with E-state index in [-0.39, 0.29) is 17.2 Å². The highest BCUT2D eigenvalue weighted by atomic mass is 32.1. The Morgan fingerprint density at radius 1 is 1.12 bits per heavy atom. The molecule has 8 heteroatoms. The van der Waals surface area contributed by atoms with E-state index in [1.807, 2.05) is 0 Å². The molecule has 3 heterocycles. The summed E-state index contributed by atoms with van der Waals surface area (Å²) >= 11 is 1.19. The minimum Gasteiger partial charge on any atom is -0.351 e. The zero-order valence-corrected chi connectivity index (χ0v) is 16.2. The summed E-state index contributed by atoms with van der Waals surface area (Å²) in [6.07, 6.45) is 6.09. The summed E-state index contributed by atoms with van der Waals surface area (Å²) in [7, 11) is 3.06. The predicted molar refractivity (Wildman–Crippen MR) is 104 cm³/mol. The van der Waals surface area contributed by atoms with Crippen LogP contribution in [-0.2, 0) is 14.1 Å². The van der Waals surface area contributed by atoms with Gasteiger partial charge in [0.05, 0.1) is 10.3 Å². The zero-order chi connectivity index (χ0) is 18.7. The first kappa shape index (κ1) is 18.8. The van der Waals surface area contributed by atoms with E-state index in [4.69, 9.17) is 0 Å². The van der Waals surface area contributed by atoms with Crippen LogP contribution in [0.2, 0.25) is 0 Å². The minimum absolute atomic E-state index is 0.184. The fourth-order valence-corrected chi connectivity index (χ4v) is 4.45. The third-order valence-corrected chi connectivity index (χ3v) is 6.20. The molecule has 2 aromatic heterocycles. The van der Waals surface area contributed by atoms with Crippen LogP contribution in [0.5, 0.6) is 0 Å². The summed E-state index contributed by atoms with van der Waals surface area (Å²) in [6.45, 7) is 3.92. The number of nitrogens with zero attached hydrogens (tertiary/aromatic N) is 3. The van der Waals surface area contributed by atoms with Crippen molar-refractivity contribution in [2.24, 2.45) is 14.1 Å². The molecular formula is C18H26N4O3S. The number of thiophene rings is 1.